The number of aliphatic carboxylic acids is 1. The fourth-order valence-corrected chi connectivity index (χ4v) is 2.19. The van der Waals surface area contributed by atoms with Gasteiger partial charge in [-0.2, -0.15) is 0 Å². The molecular formula is C14H15Cl2NO3. The number of carbonyl (C=O) groups excluding carboxylic acids is 1. The van der Waals surface area contributed by atoms with Gasteiger partial charge in [-0.15, -0.1) is 0 Å². The second kappa shape index (κ2) is 7.92. The number of carboxylic acid groups (broad SMARTS) is 1. The maximum atomic E-state index is 12.1. The van der Waals surface area contributed by atoms with Crippen LogP contribution in [0.15, 0.2) is 30.4 Å². The van der Waals surface area contributed by atoms with Gasteiger partial charge in [-0.25, -0.2) is 0 Å². The van der Waals surface area contributed by atoms with Crippen molar-refractivity contribution in [3.63, 3.8) is 0 Å². The van der Waals surface area contributed by atoms with Gasteiger partial charge in [-0.1, -0.05) is 35.4 Å². The first-order chi connectivity index (χ1) is 9.42. The van der Waals surface area contributed by atoms with Crippen LogP contribution >= 0.6 is 23.2 Å². The molecule has 1 unspecified atom stereocenters. The van der Waals surface area contributed by atoms with E-state index in [0.717, 1.165) is 0 Å². The summed E-state index contributed by atoms with van der Waals surface area (Å²) in [6, 6.07) is 4.66. The molecule has 0 saturated heterocycles. The average Bonchev–Trinajstić information content (AvgIpc) is 2.32. The number of allylic oxidation sites excluding steroid dienone is 2. The molecule has 0 aliphatic heterocycles. The number of hydrogen-bond donors (Lipinski definition) is 2. The lowest BCUT2D eigenvalue weighted by Crippen LogP contribution is -2.24. The number of benzene rings is 1. The van der Waals surface area contributed by atoms with E-state index in [0.29, 0.717) is 22.2 Å². The van der Waals surface area contributed by atoms with E-state index in [9.17, 15) is 9.59 Å². The maximum Gasteiger partial charge on any atom is 0.304 e. The summed E-state index contributed by atoms with van der Waals surface area (Å²) < 4.78 is 0. The molecule has 0 saturated carbocycles. The largest absolute Gasteiger partial charge is 0.481 e. The molecule has 2 N–H and O–H groups in total. The van der Waals surface area contributed by atoms with Gasteiger partial charge in [-0.3, -0.25) is 9.59 Å². The lowest BCUT2D eigenvalue weighted by molar-refractivity contribution is -0.140. The Morgan fingerprint density at radius 2 is 1.90 bits per heavy atom. The van der Waals surface area contributed by atoms with Gasteiger partial charge in [-0.05, 0) is 31.5 Å². The zero-order valence-electron chi connectivity index (χ0n) is 10.9. The maximum absolute atomic E-state index is 12.1. The molecule has 0 aromatic heterocycles. The van der Waals surface area contributed by atoms with Crippen LogP contribution in [0, 0.1) is 5.92 Å². The quantitative estimate of drug-likeness (QED) is 0.780. The number of carbonyl (C=O) groups is 2. The first-order valence-corrected chi connectivity index (χ1v) is 6.78. The third-order valence-corrected chi connectivity index (χ3v) is 3.01. The molecule has 20 heavy (non-hydrogen) atoms. The summed E-state index contributed by atoms with van der Waals surface area (Å²) in [4.78, 5) is 22.9. The predicted molar refractivity (Wildman–Crippen MR) is 80.3 cm³/mol. The molecule has 0 bridgehead atoms. The second-order valence-electron chi connectivity index (χ2n) is 4.25. The van der Waals surface area contributed by atoms with Crippen LogP contribution in [0.3, 0.4) is 0 Å². The number of nitrogens with one attached hydrogen (secondary N) is 1. The van der Waals surface area contributed by atoms with E-state index < -0.39 is 11.9 Å². The lowest BCUT2D eigenvalue weighted by Gasteiger charge is -2.13. The van der Waals surface area contributed by atoms with Crippen molar-refractivity contribution in [3.05, 3.63) is 40.4 Å². The monoisotopic (exact) mass is 315 g/mol. The Morgan fingerprint density at radius 3 is 2.40 bits per heavy atom. The standard InChI is InChI=1S/C14H15Cl2NO3/c1-2-3-4-9(5-13(18)19)14(20)17-12-7-10(15)6-11(16)8-12/h2-3,6-9H,4-5H2,1H3,(H,17,20)(H,18,19). The summed E-state index contributed by atoms with van der Waals surface area (Å²) in [7, 11) is 0. The summed E-state index contributed by atoms with van der Waals surface area (Å²) in [6.45, 7) is 1.81. The minimum atomic E-state index is -1.02. The van der Waals surface area contributed by atoms with Crippen LogP contribution in [-0.4, -0.2) is 17.0 Å². The number of amides is 1. The van der Waals surface area contributed by atoms with Crippen molar-refractivity contribution in [2.24, 2.45) is 5.92 Å². The smallest absolute Gasteiger partial charge is 0.304 e. The molecule has 0 aliphatic rings. The van der Waals surface area contributed by atoms with Crippen molar-refractivity contribution in [2.45, 2.75) is 19.8 Å². The van der Waals surface area contributed by atoms with Crippen LogP contribution in [0.1, 0.15) is 19.8 Å². The van der Waals surface area contributed by atoms with Gasteiger partial charge in [0.25, 0.3) is 0 Å². The molecule has 0 fully saturated rings. The molecular weight excluding hydrogens is 301 g/mol. The van der Waals surface area contributed by atoms with Gasteiger partial charge in [0.1, 0.15) is 0 Å². The fraction of sp³-hybridized carbons (Fsp3) is 0.286. The van der Waals surface area contributed by atoms with Crippen LogP contribution in [-0.2, 0) is 9.59 Å². The molecule has 1 amide bonds. The molecule has 0 aliphatic carbocycles. The van der Waals surface area contributed by atoms with Crippen molar-refractivity contribution in [1.82, 2.24) is 0 Å². The molecule has 1 rings (SSSR count). The SMILES string of the molecule is CC=CCC(CC(=O)O)C(=O)Nc1cc(Cl)cc(Cl)c1. The van der Waals surface area contributed by atoms with Gasteiger partial charge < -0.3 is 10.4 Å². The number of rotatable bonds is 6. The van der Waals surface area contributed by atoms with E-state index in [1.807, 2.05) is 6.92 Å². The number of hydrogen-bond acceptors (Lipinski definition) is 2. The minimum Gasteiger partial charge on any atom is -0.481 e. The zero-order valence-corrected chi connectivity index (χ0v) is 12.4. The Bertz CT molecular complexity index is 509. The highest BCUT2D eigenvalue weighted by molar-refractivity contribution is 6.35. The number of anilines is 1. The summed E-state index contributed by atoms with van der Waals surface area (Å²) in [5.74, 6) is -2.02. The normalized spacial score (nSPS) is 12.3. The molecule has 0 radical (unpaired) electrons. The van der Waals surface area contributed by atoms with Crippen molar-refractivity contribution < 1.29 is 14.7 Å². The predicted octanol–water partition coefficient (Wildman–Crippen LogP) is 3.99. The highest BCUT2D eigenvalue weighted by Gasteiger charge is 2.20. The van der Waals surface area contributed by atoms with E-state index in [1.54, 1.807) is 30.4 Å². The van der Waals surface area contributed by atoms with Gasteiger partial charge in [0, 0.05) is 15.7 Å². The van der Waals surface area contributed by atoms with Crippen LogP contribution < -0.4 is 5.32 Å². The molecule has 1 aromatic rings. The number of carboxylic acids is 1. The van der Waals surface area contributed by atoms with Crippen molar-refractivity contribution in [2.75, 3.05) is 5.32 Å². The Labute approximate surface area is 127 Å². The molecule has 4 nitrogen and oxygen atoms in total. The summed E-state index contributed by atoms with van der Waals surface area (Å²) in [6.07, 6.45) is 3.67. The van der Waals surface area contributed by atoms with E-state index in [1.165, 1.54) is 0 Å². The Morgan fingerprint density at radius 1 is 1.30 bits per heavy atom. The third kappa shape index (κ3) is 5.63. The highest BCUT2D eigenvalue weighted by atomic mass is 35.5. The summed E-state index contributed by atoms with van der Waals surface area (Å²) in [5.41, 5.74) is 0.448. The molecule has 0 spiro atoms. The van der Waals surface area contributed by atoms with E-state index in [-0.39, 0.29) is 12.3 Å². The fourth-order valence-electron chi connectivity index (χ4n) is 1.66. The van der Waals surface area contributed by atoms with Crippen LogP contribution in [0.5, 0.6) is 0 Å². The Balaban J connectivity index is 2.81. The zero-order chi connectivity index (χ0) is 15.1. The minimum absolute atomic E-state index is 0.232. The summed E-state index contributed by atoms with van der Waals surface area (Å²) >= 11 is 11.7. The topological polar surface area (TPSA) is 66.4 Å². The third-order valence-electron chi connectivity index (χ3n) is 2.58. The molecule has 6 heteroatoms. The highest BCUT2D eigenvalue weighted by Crippen LogP contribution is 2.23. The van der Waals surface area contributed by atoms with E-state index >= 15 is 0 Å². The Hall–Kier alpha value is -1.52. The van der Waals surface area contributed by atoms with Crippen LogP contribution in [0.4, 0.5) is 5.69 Å². The van der Waals surface area contributed by atoms with Gasteiger partial charge in [0.05, 0.1) is 12.3 Å². The van der Waals surface area contributed by atoms with Crippen LogP contribution in [0.25, 0.3) is 0 Å². The van der Waals surface area contributed by atoms with Crippen LogP contribution in [0.2, 0.25) is 10.0 Å². The van der Waals surface area contributed by atoms with Gasteiger partial charge >= 0.3 is 5.97 Å². The van der Waals surface area contributed by atoms with Crippen molar-refractivity contribution in [3.8, 4) is 0 Å². The first-order valence-electron chi connectivity index (χ1n) is 6.02. The molecule has 0 heterocycles. The molecule has 108 valence electrons. The summed E-state index contributed by atoms with van der Waals surface area (Å²) in [5, 5.41) is 12.3. The van der Waals surface area contributed by atoms with Crippen molar-refractivity contribution >= 4 is 40.8 Å². The van der Waals surface area contributed by atoms with Gasteiger partial charge in [0.2, 0.25) is 5.91 Å². The molecule has 1 atom stereocenters. The van der Waals surface area contributed by atoms with Gasteiger partial charge in [0.15, 0.2) is 0 Å². The second-order valence-corrected chi connectivity index (χ2v) is 5.12. The Kier molecular flexibility index (Phi) is 6.55. The lowest BCUT2D eigenvalue weighted by atomic mass is 10.00. The van der Waals surface area contributed by atoms with Crippen molar-refractivity contribution in [1.29, 1.82) is 0 Å². The molecule has 1 aromatic carbocycles. The first kappa shape index (κ1) is 16.5. The number of halogens is 2. The van der Waals surface area contributed by atoms with E-state index in [2.05, 4.69) is 5.32 Å². The van der Waals surface area contributed by atoms with E-state index in [4.69, 9.17) is 28.3 Å². The average molecular weight is 316 g/mol.